The van der Waals surface area contributed by atoms with Crippen molar-refractivity contribution < 1.29 is 23.7 Å². The van der Waals surface area contributed by atoms with Crippen molar-refractivity contribution in [1.29, 1.82) is 0 Å². The van der Waals surface area contributed by atoms with Crippen LogP contribution in [0.4, 0.5) is 5.69 Å². The number of hydrogen-bond donors (Lipinski definition) is 2. The van der Waals surface area contributed by atoms with Gasteiger partial charge in [-0.3, -0.25) is 9.89 Å². The van der Waals surface area contributed by atoms with Gasteiger partial charge in [-0.15, -0.1) is 0 Å². The van der Waals surface area contributed by atoms with Crippen LogP contribution in [0, 0.1) is 0 Å². The van der Waals surface area contributed by atoms with Crippen molar-refractivity contribution in [3.63, 3.8) is 0 Å². The minimum atomic E-state index is -0.179. The van der Waals surface area contributed by atoms with Crippen molar-refractivity contribution in [3.8, 4) is 34.3 Å². The highest BCUT2D eigenvalue weighted by Crippen LogP contribution is 2.41. The zero-order valence-electron chi connectivity index (χ0n) is 17.0. The van der Waals surface area contributed by atoms with E-state index >= 15 is 0 Å². The van der Waals surface area contributed by atoms with E-state index in [0.717, 1.165) is 16.8 Å². The van der Waals surface area contributed by atoms with E-state index < -0.39 is 0 Å². The van der Waals surface area contributed by atoms with Gasteiger partial charge in [-0.2, -0.15) is 5.10 Å². The first-order valence-electron chi connectivity index (χ1n) is 9.15. The molecule has 0 bridgehead atoms. The van der Waals surface area contributed by atoms with Crippen LogP contribution in [-0.2, 0) is 4.79 Å². The van der Waals surface area contributed by atoms with Gasteiger partial charge in [0.1, 0.15) is 5.75 Å². The topological polar surface area (TPSA) is 94.7 Å². The number of ether oxygens (including phenoxy) is 4. The van der Waals surface area contributed by atoms with Gasteiger partial charge in [-0.25, -0.2) is 0 Å². The molecule has 0 radical (unpaired) electrons. The maximum atomic E-state index is 12.4. The molecule has 0 fully saturated rings. The molecule has 2 N–H and O–H groups in total. The number of hydrogen-bond acceptors (Lipinski definition) is 6. The van der Waals surface area contributed by atoms with E-state index in [0.29, 0.717) is 40.0 Å². The fourth-order valence-corrected chi connectivity index (χ4v) is 3.38. The smallest absolute Gasteiger partial charge is 0.256 e. The van der Waals surface area contributed by atoms with Gasteiger partial charge in [-0.05, 0) is 42.5 Å². The summed E-state index contributed by atoms with van der Waals surface area (Å²) in [4.78, 5) is 12.4. The number of nitrogens with one attached hydrogen (secondary N) is 2. The summed E-state index contributed by atoms with van der Waals surface area (Å²) in [5.74, 6) is 2.08. The van der Waals surface area contributed by atoms with Crippen molar-refractivity contribution in [3.05, 3.63) is 47.7 Å². The summed E-state index contributed by atoms with van der Waals surface area (Å²) >= 11 is 0. The third kappa shape index (κ3) is 3.32. The van der Waals surface area contributed by atoms with Crippen LogP contribution in [0.15, 0.2) is 36.4 Å². The Balaban J connectivity index is 1.72. The molecule has 1 aliphatic heterocycles. The fraction of sp³-hybridized carbons (Fsp3) is 0.182. The van der Waals surface area contributed by atoms with Gasteiger partial charge in [0.2, 0.25) is 5.75 Å². The van der Waals surface area contributed by atoms with E-state index in [1.165, 1.54) is 0 Å². The van der Waals surface area contributed by atoms with E-state index in [1.54, 1.807) is 40.6 Å². The molecule has 2 heterocycles. The first-order valence-corrected chi connectivity index (χ1v) is 9.15. The third-order valence-electron chi connectivity index (χ3n) is 4.87. The number of rotatable bonds is 6. The molecule has 3 aromatic rings. The Bertz CT molecular complexity index is 1120. The van der Waals surface area contributed by atoms with Crippen molar-refractivity contribution in [2.75, 3.05) is 33.8 Å². The summed E-state index contributed by atoms with van der Waals surface area (Å²) in [7, 11) is 6.27. The maximum absolute atomic E-state index is 12.4. The molecule has 154 valence electrons. The summed E-state index contributed by atoms with van der Waals surface area (Å²) in [6.45, 7) is 0. The molecule has 30 heavy (non-hydrogen) atoms. The van der Waals surface area contributed by atoms with Gasteiger partial charge in [-0.1, -0.05) is 0 Å². The number of aromatic amines is 1. The van der Waals surface area contributed by atoms with Gasteiger partial charge < -0.3 is 24.3 Å². The van der Waals surface area contributed by atoms with Crippen LogP contribution >= 0.6 is 0 Å². The van der Waals surface area contributed by atoms with E-state index in [2.05, 4.69) is 15.5 Å². The highest BCUT2D eigenvalue weighted by atomic mass is 16.5. The molecule has 0 spiro atoms. The highest BCUT2D eigenvalue weighted by molar-refractivity contribution is 6.34. The molecule has 0 unspecified atom stereocenters. The van der Waals surface area contributed by atoms with Crippen molar-refractivity contribution in [2.45, 2.75) is 0 Å². The average molecular weight is 407 g/mol. The van der Waals surface area contributed by atoms with Crippen LogP contribution in [0.1, 0.15) is 11.3 Å². The Morgan fingerprint density at radius 2 is 1.63 bits per heavy atom. The lowest BCUT2D eigenvalue weighted by Crippen LogP contribution is -2.03. The number of H-pyrrole nitrogens is 1. The average Bonchev–Trinajstić information content (AvgIpc) is 3.37. The Hall–Kier alpha value is -3.94. The number of anilines is 1. The molecule has 1 amide bonds. The molecule has 4 rings (SSSR count). The minimum Gasteiger partial charge on any atom is -0.497 e. The van der Waals surface area contributed by atoms with E-state index in [1.807, 2.05) is 30.3 Å². The largest absolute Gasteiger partial charge is 0.497 e. The minimum absolute atomic E-state index is 0.179. The Labute approximate surface area is 173 Å². The van der Waals surface area contributed by atoms with Crippen molar-refractivity contribution in [1.82, 2.24) is 10.2 Å². The van der Waals surface area contributed by atoms with Crippen LogP contribution in [0.25, 0.3) is 22.9 Å². The zero-order valence-corrected chi connectivity index (χ0v) is 17.0. The number of amides is 1. The number of carbonyl (C=O) groups excluding carboxylic acids is 1. The zero-order chi connectivity index (χ0) is 21.3. The van der Waals surface area contributed by atoms with Gasteiger partial charge in [0.25, 0.3) is 5.91 Å². The normalized spacial score (nSPS) is 13.7. The first kappa shape index (κ1) is 19.4. The number of aromatic nitrogens is 2. The Morgan fingerprint density at radius 3 is 2.27 bits per heavy atom. The van der Waals surface area contributed by atoms with Gasteiger partial charge in [0, 0.05) is 16.8 Å². The van der Waals surface area contributed by atoms with Crippen molar-refractivity contribution in [2.24, 2.45) is 0 Å². The van der Waals surface area contributed by atoms with Crippen LogP contribution < -0.4 is 24.3 Å². The Kier molecular flexibility index (Phi) is 5.05. The molecule has 0 saturated carbocycles. The monoisotopic (exact) mass is 407 g/mol. The second-order valence-corrected chi connectivity index (χ2v) is 6.55. The van der Waals surface area contributed by atoms with Gasteiger partial charge in [0.05, 0.1) is 45.4 Å². The molecule has 1 aromatic heterocycles. The van der Waals surface area contributed by atoms with Gasteiger partial charge >= 0.3 is 0 Å². The summed E-state index contributed by atoms with van der Waals surface area (Å²) in [6, 6.07) is 10.9. The van der Waals surface area contributed by atoms with Crippen LogP contribution in [0.5, 0.6) is 23.0 Å². The predicted molar refractivity (Wildman–Crippen MR) is 113 cm³/mol. The van der Waals surface area contributed by atoms with Crippen molar-refractivity contribution >= 4 is 23.2 Å². The quantitative estimate of drug-likeness (QED) is 0.607. The van der Waals surface area contributed by atoms with E-state index in [4.69, 9.17) is 18.9 Å². The summed E-state index contributed by atoms with van der Waals surface area (Å²) in [5, 5.41) is 10.2. The van der Waals surface area contributed by atoms with E-state index in [-0.39, 0.29) is 5.91 Å². The number of methoxy groups -OCH3 is 4. The van der Waals surface area contributed by atoms with E-state index in [9.17, 15) is 4.79 Å². The molecular weight excluding hydrogens is 386 g/mol. The highest BCUT2D eigenvalue weighted by Gasteiger charge is 2.25. The second kappa shape index (κ2) is 7.82. The number of nitrogens with zero attached hydrogens (tertiary/aromatic N) is 1. The van der Waals surface area contributed by atoms with Crippen LogP contribution in [-0.4, -0.2) is 44.5 Å². The molecule has 8 heteroatoms. The molecule has 0 saturated heterocycles. The number of fused-ring (bicyclic) bond motifs is 1. The lowest BCUT2D eigenvalue weighted by atomic mass is 10.0. The molecular formula is C22H21N3O5. The Morgan fingerprint density at radius 1 is 0.900 bits per heavy atom. The lowest BCUT2D eigenvalue weighted by Gasteiger charge is -2.13. The van der Waals surface area contributed by atoms with Crippen LogP contribution in [0.3, 0.4) is 0 Å². The fourth-order valence-electron chi connectivity index (χ4n) is 3.38. The SMILES string of the molecule is COc1ccc2c(c1)/C(=C/c1cc(-c3cc(OC)c(OC)c(OC)c3)n[nH]1)C(=O)N2. The second-order valence-electron chi connectivity index (χ2n) is 6.55. The molecule has 0 aliphatic carbocycles. The standard InChI is InChI=1S/C22H21N3O5/c1-27-14-5-6-17-15(11-14)16(22(26)23-17)9-13-10-18(25-24-13)12-7-19(28-2)21(30-4)20(8-12)29-3/h5-11H,1-4H3,(H,23,26)(H,24,25)/b16-9-. The summed E-state index contributed by atoms with van der Waals surface area (Å²) < 4.78 is 21.5. The first-order chi connectivity index (χ1) is 14.6. The summed E-state index contributed by atoms with van der Waals surface area (Å²) in [6.07, 6.45) is 1.76. The van der Waals surface area contributed by atoms with Gasteiger partial charge in [0.15, 0.2) is 11.5 Å². The lowest BCUT2D eigenvalue weighted by molar-refractivity contribution is -0.110. The maximum Gasteiger partial charge on any atom is 0.256 e. The molecule has 1 aliphatic rings. The summed E-state index contributed by atoms with van der Waals surface area (Å²) in [5.41, 5.74) is 4.19. The third-order valence-corrected chi connectivity index (χ3v) is 4.87. The number of benzene rings is 2. The molecule has 2 aromatic carbocycles. The van der Waals surface area contributed by atoms with Crippen LogP contribution in [0.2, 0.25) is 0 Å². The molecule has 0 atom stereocenters. The predicted octanol–water partition coefficient (Wildman–Crippen LogP) is 3.60. The number of carbonyl (C=O) groups is 1. The molecule has 8 nitrogen and oxygen atoms in total.